The second kappa shape index (κ2) is 7.82. The molecule has 1 aromatic heterocycles. The van der Waals surface area contributed by atoms with Crippen LogP contribution in [0.4, 0.5) is 29.3 Å². The lowest BCUT2D eigenvalue weighted by molar-refractivity contribution is -0.176. The molecule has 24 heavy (non-hydrogen) atoms. The molecule has 0 aliphatic carbocycles. The number of anilines is 2. The first-order valence-electron chi connectivity index (χ1n) is 7.19. The molecule has 2 amide bonds. The van der Waals surface area contributed by atoms with Gasteiger partial charge in [0.05, 0.1) is 18.5 Å². The minimum atomic E-state index is -4.34. The van der Waals surface area contributed by atoms with E-state index in [0.717, 1.165) is 0 Å². The molecule has 0 radical (unpaired) electrons. The summed E-state index contributed by atoms with van der Waals surface area (Å²) in [5, 5.41) is 9.28. The summed E-state index contributed by atoms with van der Waals surface area (Å²) < 4.78 is 42.2. The van der Waals surface area contributed by atoms with Crippen molar-refractivity contribution < 1.29 is 22.7 Å². The van der Waals surface area contributed by atoms with Crippen molar-refractivity contribution in [1.82, 2.24) is 9.78 Å². The van der Waals surface area contributed by atoms with Crippen LogP contribution in [0.2, 0.25) is 0 Å². The first-order valence-corrected chi connectivity index (χ1v) is 7.19. The molecule has 0 bridgehead atoms. The summed E-state index contributed by atoms with van der Waals surface area (Å²) in [6.07, 6.45) is -1.12. The average Bonchev–Trinajstić information content (AvgIpc) is 2.95. The summed E-state index contributed by atoms with van der Waals surface area (Å²) in [6.45, 7) is 1.18. The lowest BCUT2D eigenvalue weighted by Gasteiger charge is -2.09. The summed E-state index contributed by atoms with van der Waals surface area (Å²) in [7, 11) is 0. The number of carbonyl (C=O) groups is 1. The zero-order chi connectivity index (χ0) is 17.6. The highest BCUT2D eigenvalue weighted by Crippen LogP contribution is 2.16. The van der Waals surface area contributed by atoms with E-state index in [4.69, 9.17) is 0 Å². The Morgan fingerprint density at radius 1 is 1.21 bits per heavy atom. The van der Waals surface area contributed by atoms with Gasteiger partial charge in [-0.2, -0.15) is 18.3 Å². The lowest BCUT2D eigenvalue weighted by Crippen LogP contribution is -2.19. The fraction of sp³-hybridized carbons (Fsp3) is 0.333. The van der Waals surface area contributed by atoms with Crippen LogP contribution in [-0.4, -0.2) is 28.6 Å². The van der Waals surface area contributed by atoms with Crippen LogP contribution in [0.3, 0.4) is 0 Å². The maximum Gasteiger partial charge on any atom is 0.411 e. The number of hydrogen-bond donors (Lipinski definition) is 2. The Morgan fingerprint density at radius 2 is 1.88 bits per heavy atom. The van der Waals surface area contributed by atoms with Gasteiger partial charge in [0, 0.05) is 18.4 Å². The Hall–Kier alpha value is -2.55. The molecule has 6 nitrogen and oxygen atoms in total. The topological polar surface area (TPSA) is 68.2 Å². The standard InChI is InChI=1S/C15H17F3N4O2/c1-2-22-8-13(7-19-22)21-14(23)20-12-5-3-11(4-6-12)9-24-10-15(16,17)18/h3-8H,2,9-10H2,1H3,(H2,20,21,23). The second-order valence-electron chi connectivity index (χ2n) is 4.97. The minimum Gasteiger partial charge on any atom is -0.367 e. The molecule has 9 heteroatoms. The maximum atomic E-state index is 12.0. The van der Waals surface area contributed by atoms with Crippen LogP contribution >= 0.6 is 0 Å². The molecule has 0 unspecified atom stereocenters. The molecule has 2 N–H and O–H groups in total. The summed E-state index contributed by atoms with van der Waals surface area (Å²) >= 11 is 0. The van der Waals surface area contributed by atoms with Crippen LogP contribution in [0.1, 0.15) is 12.5 Å². The van der Waals surface area contributed by atoms with Crippen molar-refractivity contribution >= 4 is 17.4 Å². The molecule has 1 aromatic carbocycles. The van der Waals surface area contributed by atoms with Gasteiger partial charge in [-0.05, 0) is 24.6 Å². The van der Waals surface area contributed by atoms with E-state index in [1.54, 1.807) is 35.1 Å². The van der Waals surface area contributed by atoms with Crippen LogP contribution in [0.5, 0.6) is 0 Å². The number of alkyl halides is 3. The predicted octanol–water partition coefficient (Wildman–Crippen LogP) is 3.63. The highest BCUT2D eigenvalue weighted by atomic mass is 19.4. The average molecular weight is 342 g/mol. The van der Waals surface area contributed by atoms with E-state index >= 15 is 0 Å². The summed E-state index contributed by atoms with van der Waals surface area (Å²) in [5.74, 6) is 0. The molecule has 0 spiro atoms. The lowest BCUT2D eigenvalue weighted by atomic mass is 10.2. The van der Waals surface area contributed by atoms with Crippen LogP contribution in [-0.2, 0) is 17.9 Å². The predicted molar refractivity (Wildman–Crippen MR) is 82.7 cm³/mol. The Morgan fingerprint density at radius 3 is 2.46 bits per heavy atom. The number of urea groups is 1. The van der Waals surface area contributed by atoms with Gasteiger partial charge in [-0.1, -0.05) is 12.1 Å². The molecule has 2 rings (SSSR count). The third-order valence-electron chi connectivity index (χ3n) is 2.96. The number of halogens is 3. The van der Waals surface area contributed by atoms with E-state index in [2.05, 4.69) is 20.5 Å². The second-order valence-corrected chi connectivity index (χ2v) is 4.97. The zero-order valence-corrected chi connectivity index (χ0v) is 12.9. The Balaban J connectivity index is 1.81. The van der Waals surface area contributed by atoms with Crippen LogP contribution < -0.4 is 10.6 Å². The number of amides is 2. The summed E-state index contributed by atoms with van der Waals surface area (Å²) in [5.41, 5.74) is 1.65. The van der Waals surface area contributed by atoms with E-state index in [1.165, 1.54) is 6.20 Å². The van der Waals surface area contributed by atoms with E-state index in [1.807, 2.05) is 6.92 Å². The number of aryl methyl sites for hydroxylation is 1. The smallest absolute Gasteiger partial charge is 0.367 e. The summed E-state index contributed by atoms with van der Waals surface area (Å²) in [4.78, 5) is 11.8. The Labute approximate surface area is 136 Å². The van der Waals surface area contributed by atoms with Crippen molar-refractivity contribution in [1.29, 1.82) is 0 Å². The fourth-order valence-corrected chi connectivity index (χ4v) is 1.86. The molecular weight excluding hydrogens is 325 g/mol. The fourth-order valence-electron chi connectivity index (χ4n) is 1.86. The van der Waals surface area contributed by atoms with E-state index < -0.39 is 18.8 Å². The molecule has 1 heterocycles. The Bertz CT molecular complexity index is 668. The van der Waals surface area contributed by atoms with Gasteiger partial charge < -0.3 is 15.4 Å². The van der Waals surface area contributed by atoms with Crippen LogP contribution in [0.15, 0.2) is 36.7 Å². The van der Waals surface area contributed by atoms with Crippen molar-refractivity contribution in [3.8, 4) is 0 Å². The SMILES string of the molecule is CCn1cc(NC(=O)Nc2ccc(COCC(F)(F)F)cc2)cn1. The molecule has 0 atom stereocenters. The van der Waals surface area contributed by atoms with Crippen molar-refractivity contribution in [2.24, 2.45) is 0 Å². The van der Waals surface area contributed by atoms with E-state index in [9.17, 15) is 18.0 Å². The monoisotopic (exact) mass is 342 g/mol. The van der Waals surface area contributed by atoms with Gasteiger partial charge in [-0.3, -0.25) is 4.68 Å². The van der Waals surface area contributed by atoms with Gasteiger partial charge in [-0.15, -0.1) is 0 Å². The molecule has 2 aromatic rings. The van der Waals surface area contributed by atoms with Crippen molar-refractivity contribution in [2.45, 2.75) is 26.3 Å². The van der Waals surface area contributed by atoms with E-state index in [0.29, 0.717) is 23.5 Å². The molecule has 0 saturated carbocycles. The Kier molecular flexibility index (Phi) is 5.80. The van der Waals surface area contributed by atoms with E-state index in [-0.39, 0.29) is 6.61 Å². The largest absolute Gasteiger partial charge is 0.411 e. The van der Waals surface area contributed by atoms with Crippen molar-refractivity contribution in [3.63, 3.8) is 0 Å². The molecule has 0 aliphatic heterocycles. The van der Waals surface area contributed by atoms with Crippen molar-refractivity contribution in [3.05, 3.63) is 42.2 Å². The zero-order valence-electron chi connectivity index (χ0n) is 12.9. The molecule has 130 valence electrons. The first-order chi connectivity index (χ1) is 11.4. The third-order valence-corrected chi connectivity index (χ3v) is 2.96. The first kappa shape index (κ1) is 17.8. The van der Waals surface area contributed by atoms with Crippen molar-refractivity contribution in [2.75, 3.05) is 17.2 Å². The number of carbonyl (C=O) groups excluding carboxylic acids is 1. The van der Waals surface area contributed by atoms with Gasteiger partial charge in [0.25, 0.3) is 0 Å². The van der Waals surface area contributed by atoms with Gasteiger partial charge in [0.15, 0.2) is 0 Å². The molecule has 0 aliphatic rings. The number of nitrogens with zero attached hydrogens (tertiary/aromatic N) is 2. The van der Waals surface area contributed by atoms with Gasteiger partial charge in [-0.25, -0.2) is 4.79 Å². The number of ether oxygens (including phenoxy) is 1. The molecule has 0 fully saturated rings. The quantitative estimate of drug-likeness (QED) is 0.842. The van der Waals surface area contributed by atoms with Gasteiger partial charge >= 0.3 is 12.2 Å². The van der Waals surface area contributed by atoms with Crippen LogP contribution in [0.25, 0.3) is 0 Å². The highest BCUT2D eigenvalue weighted by Gasteiger charge is 2.27. The summed E-state index contributed by atoms with van der Waals surface area (Å²) in [6, 6.07) is 5.90. The number of hydrogen-bond acceptors (Lipinski definition) is 3. The van der Waals surface area contributed by atoms with Crippen LogP contribution in [0, 0.1) is 0 Å². The van der Waals surface area contributed by atoms with Gasteiger partial charge in [0.1, 0.15) is 6.61 Å². The number of nitrogens with one attached hydrogen (secondary N) is 2. The molecule has 0 saturated heterocycles. The minimum absolute atomic E-state index is 0.151. The number of aromatic nitrogens is 2. The highest BCUT2D eigenvalue weighted by molar-refractivity contribution is 5.99. The normalized spacial score (nSPS) is 11.3. The third kappa shape index (κ3) is 5.92. The number of rotatable bonds is 6. The number of benzene rings is 1. The van der Waals surface area contributed by atoms with Gasteiger partial charge in [0.2, 0.25) is 0 Å². The maximum absolute atomic E-state index is 12.0. The molecular formula is C15H17F3N4O2.